The molecule has 1 heterocycles. The number of aromatic nitrogens is 2. The van der Waals surface area contributed by atoms with E-state index in [0.29, 0.717) is 15.8 Å². The summed E-state index contributed by atoms with van der Waals surface area (Å²) in [6.07, 6.45) is -3.25. The molecule has 3 aromatic rings. The predicted octanol–water partition coefficient (Wildman–Crippen LogP) is 3.28. The fraction of sp³-hybridized carbons (Fsp3) is 0.118. The van der Waals surface area contributed by atoms with E-state index in [2.05, 4.69) is 10.4 Å². The number of carbonyl (C=O) groups excluding carboxylic acids is 1. The van der Waals surface area contributed by atoms with Crippen molar-refractivity contribution in [2.75, 3.05) is 11.2 Å². The van der Waals surface area contributed by atoms with Crippen LogP contribution in [0.15, 0.2) is 64.5 Å². The number of nitrogens with one attached hydrogen (secondary N) is 1. The zero-order valence-corrected chi connectivity index (χ0v) is 14.0. The number of hydrogen-bond donors (Lipinski definition) is 1. The van der Waals surface area contributed by atoms with Crippen LogP contribution in [0.4, 0.5) is 13.2 Å². The van der Waals surface area contributed by atoms with E-state index in [0.717, 1.165) is 28.6 Å². The molecule has 3 rings (SSSR count). The summed E-state index contributed by atoms with van der Waals surface area (Å²) < 4.78 is 39.0. The molecule has 134 valence electrons. The number of amides is 1. The number of benzene rings is 2. The number of halogens is 3. The topological polar surface area (TPSA) is 64.0 Å². The molecule has 0 fully saturated rings. The molecular formula is C17H12F3N3O2S. The maximum atomic E-state index is 12.7. The first-order chi connectivity index (χ1) is 12.3. The minimum Gasteiger partial charge on any atom is -0.272 e. The fourth-order valence-electron chi connectivity index (χ4n) is 2.23. The Hall–Kier alpha value is -2.81. The van der Waals surface area contributed by atoms with E-state index >= 15 is 0 Å². The molecule has 0 saturated heterocycles. The van der Waals surface area contributed by atoms with Gasteiger partial charge in [0.1, 0.15) is 6.33 Å². The number of carbonyl (C=O) groups is 1. The minimum atomic E-state index is -4.44. The van der Waals surface area contributed by atoms with Gasteiger partial charge in [-0.05, 0) is 30.3 Å². The van der Waals surface area contributed by atoms with E-state index in [1.165, 1.54) is 18.5 Å². The second kappa shape index (κ2) is 7.20. The Bertz CT molecular complexity index is 1020. The number of para-hydroxylation sites is 1. The maximum Gasteiger partial charge on any atom is 0.416 e. The van der Waals surface area contributed by atoms with Gasteiger partial charge in [0.05, 0.1) is 22.2 Å². The molecule has 2 aromatic carbocycles. The highest BCUT2D eigenvalue weighted by atomic mass is 32.2. The van der Waals surface area contributed by atoms with Crippen LogP contribution in [-0.2, 0) is 11.0 Å². The number of rotatable bonds is 4. The van der Waals surface area contributed by atoms with Crippen molar-refractivity contribution in [2.24, 2.45) is 0 Å². The van der Waals surface area contributed by atoms with Crippen molar-refractivity contribution >= 4 is 28.6 Å². The predicted molar refractivity (Wildman–Crippen MR) is 92.5 cm³/mol. The lowest BCUT2D eigenvalue weighted by Crippen LogP contribution is -2.34. The zero-order chi connectivity index (χ0) is 18.7. The quantitative estimate of drug-likeness (QED) is 0.707. The summed E-state index contributed by atoms with van der Waals surface area (Å²) >= 11 is 0.940. The van der Waals surface area contributed by atoms with Crippen LogP contribution in [0.3, 0.4) is 0 Å². The van der Waals surface area contributed by atoms with E-state index < -0.39 is 23.2 Å². The Morgan fingerprint density at radius 1 is 1.15 bits per heavy atom. The summed E-state index contributed by atoms with van der Waals surface area (Å²) in [5.41, 5.74) is 1.66. The first-order valence-corrected chi connectivity index (χ1v) is 8.39. The Labute approximate surface area is 149 Å². The van der Waals surface area contributed by atoms with Crippen LogP contribution in [0.2, 0.25) is 0 Å². The monoisotopic (exact) mass is 379 g/mol. The molecule has 0 atom stereocenters. The summed E-state index contributed by atoms with van der Waals surface area (Å²) in [5.74, 6) is -0.688. The Kier molecular flexibility index (Phi) is 4.99. The highest BCUT2D eigenvalue weighted by Gasteiger charge is 2.30. The molecule has 1 N–H and O–H groups in total. The summed E-state index contributed by atoms with van der Waals surface area (Å²) in [7, 11) is 0. The summed E-state index contributed by atoms with van der Waals surface area (Å²) in [6, 6.07) is 11.4. The van der Waals surface area contributed by atoms with Crippen LogP contribution < -0.4 is 11.0 Å². The van der Waals surface area contributed by atoms with Gasteiger partial charge >= 0.3 is 6.18 Å². The van der Waals surface area contributed by atoms with Crippen molar-refractivity contribution < 1.29 is 18.0 Å². The maximum absolute atomic E-state index is 12.7. The van der Waals surface area contributed by atoms with Crippen LogP contribution in [0.1, 0.15) is 5.56 Å². The molecule has 5 nitrogen and oxygen atoms in total. The van der Waals surface area contributed by atoms with Crippen LogP contribution in [0.25, 0.3) is 10.9 Å². The molecule has 9 heteroatoms. The van der Waals surface area contributed by atoms with Gasteiger partial charge in [-0.1, -0.05) is 18.2 Å². The Morgan fingerprint density at radius 3 is 2.69 bits per heavy atom. The van der Waals surface area contributed by atoms with Crippen molar-refractivity contribution in [3.63, 3.8) is 0 Å². The average Bonchev–Trinajstić information content (AvgIpc) is 2.62. The number of alkyl halides is 3. The van der Waals surface area contributed by atoms with Gasteiger partial charge in [-0.15, -0.1) is 11.8 Å². The second-order valence-electron chi connectivity index (χ2n) is 5.29. The third-order valence-electron chi connectivity index (χ3n) is 3.44. The van der Waals surface area contributed by atoms with Gasteiger partial charge in [0.2, 0.25) is 5.91 Å². The van der Waals surface area contributed by atoms with E-state index in [4.69, 9.17) is 0 Å². The smallest absolute Gasteiger partial charge is 0.272 e. The second-order valence-corrected chi connectivity index (χ2v) is 6.33. The standard InChI is InChI=1S/C17H12F3N3O2S/c18-17(19,20)11-4-3-5-12(8-11)26-9-15(24)22-23-10-21-14-7-2-1-6-13(14)16(23)25/h1-8,10H,9H2,(H,22,24). The molecule has 0 unspecified atom stereocenters. The van der Waals surface area contributed by atoms with Gasteiger partial charge in [0.15, 0.2) is 0 Å². The van der Waals surface area contributed by atoms with Crippen molar-refractivity contribution in [1.82, 2.24) is 9.66 Å². The molecule has 0 bridgehead atoms. The van der Waals surface area contributed by atoms with Crippen LogP contribution >= 0.6 is 11.8 Å². The van der Waals surface area contributed by atoms with Gasteiger partial charge in [-0.2, -0.15) is 13.2 Å². The molecular weight excluding hydrogens is 367 g/mol. The normalized spacial score (nSPS) is 11.5. The molecule has 0 aliphatic carbocycles. The molecule has 1 aromatic heterocycles. The third kappa shape index (κ3) is 4.05. The summed E-state index contributed by atoms with van der Waals surface area (Å²) in [5, 5.41) is 0.348. The minimum absolute atomic E-state index is 0.152. The first kappa shape index (κ1) is 18.0. The average molecular weight is 379 g/mol. The van der Waals surface area contributed by atoms with Gasteiger partial charge in [0.25, 0.3) is 5.56 Å². The highest BCUT2D eigenvalue weighted by molar-refractivity contribution is 8.00. The Balaban J connectivity index is 1.69. The number of fused-ring (bicyclic) bond motifs is 1. The van der Waals surface area contributed by atoms with Crippen molar-refractivity contribution in [2.45, 2.75) is 11.1 Å². The van der Waals surface area contributed by atoms with E-state index in [-0.39, 0.29) is 5.75 Å². The van der Waals surface area contributed by atoms with Gasteiger partial charge in [-0.25, -0.2) is 9.66 Å². The fourth-order valence-corrected chi connectivity index (χ4v) is 2.97. The van der Waals surface area contributed by atoms with E-state index in [1.807, 2.05) is 0 Å². The third-order valence-corrected chi connectivity index (χ3v) is 4.44. The molecule has 0 spiro atoms. The van der Waals surface area contributed by atoms with Crippen LogP contribution in [0.5, 0.6) is 0 Å². The largest absolute Gasteiger partial charge is 0.416 e. The SMILES string of the molecule is O=C(CSc1cccc(C(F)(F)F)c1)Nn1cnc2ccccc2c1=O. The van der Waals surface area contributed by atoms with Crippen LogP contribution in [0, 0.1) is 0 Å². The highest BCUT2D eigenvalue weighted by Crippen LogP contribution is 2.31. The lowest BCUT2D eigenvalue weighted by atomic mass is 10.2. The lowest BCUT2D eigenvalue weighted by Gasteiger charge is -2.10. The zero-order valence-electron chi connectivity index (χ0n) is 13.2. The molecule has 0 radical (unpaired) electrons. The lowest BCUT2D eigenvalue weighted by molar-refractivity contribution is -0.137. The van der Waals surface area contributed by atoms with Crippen molar-refractivity contribution in [3.8, 4) is 0 Å². The van der Waals surface area contributed by atoms with Gasteiger partial charge in [-0.3, -0.25) is 15.0 Å². The molecule has 0 aliphatic heterocycles. The van der Waals surface area contributed by atoms with Crippen LogP contribution in [-0.4, -0.2) is 21.3 Å². The van der Waals surface area contributed by atoms with E-state index in [9.17, 15) is 22.8 Å². The molecule has 1 amide bonds. The van der Waals surface area contributed by atoms with Crippen molar-refractivity contribution in [1.29, 1.82) is 0 Å². The van der Waals surface area contributed by atoms with Gasteiger partial charge < -0.3 is 0 Å². The van der Waals surface area contributed by atoms with E-state index in [1.54, 1.807) is 24.3 Å². The molecule has 0 saturated carbocycles. The summed E-state index contributed by atoms with van der Waals surface area (Å²) in [6.45, 7) is 0. The Morgan fingerprint density at radius 2 is 1.92 bits per heavy atom. The number of nitrogens with zero attached hydrogens (tertiary/aromatic N) is 2. The molecule has 26 heavy (non-hydrogen) atoms. The molecule has 0 aliphatic rings. The van der Waals surface area contributed by atoms with Gasteiger partial charge in [0, 0.05) is 4.90 Å². The number of thioether (sulfide) groups is 1. The summed E-state index contributed by atoms with van der Waals surface area (Å²) in [4.78, 5) is 28.7. The first-order valence-electron chi connectivity index (χ1n) is 7.41. The van der Waals surface area contributed by atoms with Crippen molar-refractivity contribution in [3.05, 3.63) is 70.8 Å². The number of hydrogen-bond acceptors (Lipinski definition) is 4.